The van der Waals surface area contributed by atoms with E-state index in [1.807, 2.05) is 42.5 Å². The van der Waals surface area contributed by atoms with Gasteiger partial charge >= 0.3 is 5.97 Å². The highest BCUT2D eigenvalue weighted by Gasteiger charge is 2.12. The summed E-state index contributed by atoms with van der Waals surface area (Å²) in [6.07, 6.45) is 1.52. The second-order valence-electron chi connectivity index (χ2n) is 7.03. The molecule has 0 aliphatic carbocycles. The van der Waals surface area contributed by atoms with E-state index in [-0.39, 0.29) is 12.2 Å². The Labute approximate surface area is 219 Å². The van der Waals surface area contributed by atoms with E-state index in [1.165, 1.54) is 6.08 Å². The molecule has 0 saturated heterocycles. The molecule has 3 aromatic carbocycles. The van der Waals surface area contributed by atoms with Crippen LogP contribution in [0.25, 0.3) is 6.08 Å². The summed E-state index contributed by atoms with van der Waals surface area (Å²) in [4.78, 5) is 24.3. The minimum atomic E-state index is -0.544. The minimum absolute atomic E-state index is 0.0474. The summed E-state index contributed by atoms with van der Waals surface area (Å²) < 4.78 is 12.7. The van der Waals surface area contributed by atoms with Crippen molar-refractivity contribution in [1.29, 1.82) is 5.26 Å². The van der Waals surface area contributed by atoms with Crippen molar-refractivity contribution >= 4 is 62.2 Å². The third-order valence-electron chi connectivity index (χ3n) is 4.59. The summed E-state index contributed by atoms with van der Waals surface area (Å²) in [5.74, 6) is -0.265. The molecule has 8 heteroatoms. The third-order valence-corrected chi connectivity index (χ3v) is 5.97. The fourth-order valence-electron chi connectivity index (χ4n) is 2.88. The van der Waals surface area contributed by atoms with Crippen LogP contribution >= 0.6 is 38.5 Å². The van der Waals surface area contributed by atoms with Gasteiger partial charge in [0.15, 0.2) is 0 Å². The summed E-state index contributed by atoms with van der Waals surface area (Å²) in [5, 5.41) is 12.2. The van der Waals surface area contributed by atoms with Crippen molar-refractivity contribution in [3.63, 3.8) is 0 Å². The van der Waals surface area contributed by atoms with Gasteiger partial charge in [0, 0.05) is 10.2 Å². The molecule has 0 fully saturated rings. The van der Waals surface area contributed by atoms with Gasteiger partial charge in [0.05, 0.1) is 15.7 Å². The van der Waals surface area contributed by atoms with Crippen LogP contribution in [-0.2, 0) is 16.1 Å². The molecule has 0 aliphatic heterocycles. The normalized spacial score (nSPS) is 10.8. The number of carbonyl (C=O) groups excluding carboxylic acids is 2. The molecule has 0 atom stereocenters. The summed E-state index contributed by atoms with van der Waals surface area (Å²) in [5.41, 5.74) is 2.54. The van der Waals surface area contributed by atoms with Crippen molar-refractivity contribution in [3.05, 3.63) is 97.0 Å². The van der Waals surface area contributed by atoms with Gasteiger partial charge in [-0.1, -0.05) is 34.1 Å². The zero-order chi connectivity index (χ0) is 24.5. The molecule has 0 aliphatic rings. The standard InChI is InChI=1S/C26H20BrIN2O4/c1-2-33-26(32)19-6-10-22(11-7-19)30-25(31)20(15-29)13-18-5-12-24(23(28)14-18)34-16-17-3-8-21(27)9-4-17/h3-14H,2,16H2,1H3,(H,30,31)/b20-13+. The molecule has 0 unspecified atom stereocenters. The van der Waals surface area contributed by atoms with E-state index < -0.39 is 11.9 Å². The lowest BCUT2D eigenvalue weighted by Crippen LogP contribution is -2.13. The van der Waals surface area contributed by atoms with Gasteiger partial charge in [-0.3, -0.25) is 4.79 Å². The monoisotopic (exact) mass is 630 g/mol. The Morgan fingerprint density at radius 3 is 2.41 bits per heavy atom. The SMILES string of the molecule is CCOC(=O)c1ccc(NC(=O)/C(C#N)=C/c2ccc(OCc3ccc(Br)cc3)c(I)c2)cc1. The number of nitrogens with one attached hydrogen (secondary N) is 1. The lowest BCUT2D eigenvalue weighted by molar-refractivity contribution is -0.112. The first-order valence-electron chi connectivity index (χ1n) is 10.3. The Hall–Kier alpha value is -3.16. The maximum Gasteiger partial charge on any atom is 0.338 e. The first-order valence-corrected chi connectivity index (χ1v) is 12.1. The van der Waals surface area contributed by atoms with Crippen molar-refractivity contribution in [1.82, 2.24) is 0 Å². The maximum atomic E-state index is 12.6. The highest BCUT2D eigenvalue weighted by molar-refractivity contribution is 14.1. The fraction of sp³-hybridized carbons (Fsp3) is 0.115. The molecule has 1 amide bonds. The fourth-order valence-corrected chi connectivity index (χ4v) is 3.84. The summed E-state index contributed by atoms with van der Waals surface area (Å²) >= 11 is 5.57. The number of hydrogen-bond donors (Lipinski definition) is 1. The van der Waals surface area contributed by atoms with Crippen LogP contribution in [0.5, 0.6) is 5.75 Å². The Bertz CT molecular complexity index is 1250. The van der Waals surface area contributed by atoms with E-state index in [0.717, 1.165) is 13.6 Å². The molecule has 0 aromatic heterocycles. The Morgan fingerprint density at radius 1 is 1.09 bits per heavy atom. The van der Waals surface area contributed by atoms with Crippen LogP contribution in [0.2, 0.25) is 0 Å². The number of nitriles is 1. The number of ether oxygens (including phenoxy) is 2. The quantitative estimate of drug-likeness (QED) is 0.136. The van der Waals surface area contributed by atoms with Crippen LogP contribution in [0.15, 0.2) is 76.8 Å². The molecule has 0 saturated carbocycles. The van der Waals surface area contributed by atoms with E-state index in [0.29, 0.717) is 29.2 Å². The average molecular weight is 631 g/mol. The van der Waals surface area contributed by atoms with Crippen LogP contribution in [-0.4, -0.2) is 18.5 Å². The minimum Gasteiger partial charge on any atom is -0.488 e. The maximum absolute atomic E-state index is 12.6. The highest BCUT2D eigenvalue weighted by Crippen LogP contribution is 2.25. The van der Waals surface area contributed by atoms with E-state index in [1.54, 1.807) is 37.3 Å². The molecular weight excluding hydrogens is 611 g/mol. The topological polar surface area (TPSA) is 88.4 Å². The third kappa shape index (κ3) is 7.17. The Balaban J connectivity index is 1.66. The van der Waals surface area contributed by atoms with Crippen molar-refractivity contribution < 1.29 is 19.1 Å². The predicted molar refractivity (Wildman–Crippen MR) is 142 cm³/mol. The summed E-state index contributed by atoms with van der Waals surface area (Å²) in [6.45, 7) is 2.44. The molecule has 1 N–H and O–H groups in total. The smallest absolute Gasteiger partial charge is 0.338 e. The Kier molecular flexibility index (Phi) is 9.24. The van der Waals surface area contributed by atoms with Crippen LogP contribution < -0.4 is 10.1 Å². The zero-order valence-corrected chi connectivity index (χ0v) is 21.9. The van der Waals surface area contributed by atoms with Gasteiger partial charge in [-0.15, -0.1) is 0 Å². The van der Waals surface area contributed by atoms with Gasteiger partial charge < -0.3 is 14.8 Å². The van der Waals surface area contributed by atoms with Gasteiger partial charge in [-0.25, -0.2) is 4.79 Å². The number of hydrogen-bond acceptors (Lipinski definition) is 5. The number of anilines is 1. The predicted octanol–water partition coefficient (Wildman–Crippen LogP) is 6.36. The first kappa shape index (κ1) is 25.5. The van der Waals surface area contributed by atoms with Gasteiger partial charge in [-0.05, 0) is 95.2 Å². The molecule has 3 rings (SSSR count). The average Bonchev–Trinajstić information content (AvgIpc) is 2.83. The molecule has 34 heavy (non-hydrogen) atoms. The number of halogens is 2. The lowest BCUT2D eigenvalue weighted by Gasteiger charge is -2.09. The van der Waals surface area contributed by atoms with Crippen molar-refractivity contribution in [3.8, 4) is 11.8 Å². The van der Waals surface area contributed by atoms with Crippen molar-refractivity contribution in [2.45, 2.75) is 13.5 Å². The molecule has 172 valence electrons. The van der Waals surface area contributed by atoms with Gasteiger partial charge in [-0.2, -0.15) is 5.26 Å². The van der Waals surface area contributed by atoms with E-state index in [4.69, 9.17) is 9.47 Å². The Morgan fingerprint density at radius 2 is 1.79 bits per heavy atom. The van der Waals surface area contributed by atoms with Crippen molar-refractivity contribution in [2.75, 3.05) is 11.9 Å². The summed E-state index contributed by atoms with van der Waals surface area (Å²) in [7, 11) is 0. The molecule has 0 spiro atoms. The van der Waals surface area contributed by atoms with Gasteiger partial charge in [0.1, 0.15) is 24.0 Å². The number of rotatable bonds is 8. The zero-order valence-electron chi connectivity index (χ0n) is 18.2. The van der Waals surface area contributed by atoms with Crippen LogP contribution in [0.4, 0.5) is 5.69 Å². The molecule has 3 aromatic rings. The number of benzene rings is 3. The van der Waals surface area contributed by atoms with Crippen molar-refractivity contribution in [2.24, 2.45) is 0 Å². The van der Waals surface area contributed by atoms with Crippen LogP contribution in [0, 0.1) is 14.9 Å². The van der Waals surface area contributed by atoms with Crippen LogP contribution in [0.3, 0.4) is 0 Å². The largest absolute Gasteiger partial charge is 0.488 e. The molecular formula is C26H20BrIN2O4. The second kappa shape index (κ2) is 12.3. The van der Waals surface area contributed by atoms with Gasteiger partial charge in [0.25, 0.3) is 5.91 Å². The second-order valence-corrected chi connectivity index (χ2v) is 9.10. The lowest BCUT2D eigenvalue weighted by atomic mass is 10.1. The van der Waals surface area contributed by atoms with Gasteiger partial charge in [0.2, 0.25) is 0 Å². The number of carbonyl (C=O) groups is 2. The molecule has 0 radical (unpaired) electrons. The van der Waals surface area contributed by atoms with Crippen LogP contribution in [0.1, 0.15) is 28.4 Å². The highest BCUT2D eigenvalue weighted by atomic mass is 127. The van der Waals surface area contributed by atoms with E-state index in [9.17, 15) is 14.9 Å². The summed E-state index contributed by atoms with van der Waals surface area (Å²) in [6, 6.07) is 21.5. The van der Waals surface area contributed by atoms with E-state index in [2.05, 4.69) is 43.8 Å². The van der Waals surface area contributed by atoms with E-state index >= 15 is 0 Å². The molecule has 6 nitrogen and oxygen atoms in total. The number of amides is 1. The number of nitrogens with zero attached hydrogens (tertiary/aromatic N) is 1. The molecule has 0 bridgehead atoms. The number of esters is 1. The first-order chi connectivity index (χ1) is 16.4. The molecule has 0 heterocycles.